The van der Waals surface area contributed by atoms with Crippen LogP contribution < -0.4 is 10.1 Å². The van der Waals surface area contributed by atoms with E-state index in [1.165, 1.54) is 0 Å². The van der Waals surface area contributed by atoms with Gasteiger partial charge >= 0.3 is 0 Å². The van der Waals surface area contributed by atoms with Crippen molar-refractivity contribution >= 4 is 39.7 Å². The Morgan fingerprint density at radius 2 is 1.85 bits per heavy atom. The minimum absolute atomic E-state index is 0.647. The minimum atomic E-state index is 0.647. The standard InChI is InChI=1S/C21H18ClN3OS/c1-26-18-9-5-2-6-14(18)10-12-23-20-15-7-3-4-8-17(15)24-21(25-20)19-16(22)11-13-27-19/h2-9,11,13H,10,12H2,1H3,(H,23,24,25). The Labute approximate surface area is 166 Å². The van der Waals surface area contributed by atoms with Crippen molar-refractivity contribution < 1.29 is 4.74 Å². The quantitative estimate of drug-likeness (QED) is 0.456. The lowest BCUT2D eigenvalue weighted by molar-refractivity contribution is 0.410. The van der Waals surface area contributed by atoms with Crippen molar-refractivity contribution in [3.8, 4) is 16.5 Å². The van der Waals surface area contributed by atoms with E-state index in [0.717, 1.165) is 45.9 Å². The van der Waals surface area contributed by atoms with Gasteiger partial charge in [-0.05, 0) is 41.6 Å². The average molecular weight is 396 g/mol. The summed E-state index contributed by atoms with van der Waals surface area (Å²) < 4.78 is 5.43. The van der Waals surface area contributed by atoms with Crippen molar-refractivity contribution in [3.63, 3.8) is 0 Å². The number of halogens is 1. The summed E-state index contributed by atoms with van der Waals surface area (Å²) in [7, 11) is 1.70. The summed E-state index contributed by atoms with van der Waals surface area (Å²) in [5, 5.41) is 7.08. The van der Waals surface area contributed by atoms with E-state index < -0.39 is 0 Å². The molecule has 0 amide bonds. The highest BCUT2D eigenvalue weighted by atomic mass is 35.5. The Hall–Kier alpha value is -2.63. The number of ether oxygens (including phenoxy) is 1. The van der Waals surface area contributed by atoms with E-state index in [9.17, 15) is 0 Å². The Morgan fingerprint density at radius 3 is 2.67 bits per heavy atom. The average Bonchev–Trinajstić information content (AvgIpc) is 3.14. The predicted octanol–water partition coefficient (Wildman–Crippen LogP) is 5.67. The molecule has 0 saturated heterocycles. The van der Waals surface area contributed by atoms with Crippen LogP contribution in [0.3, 0.4) is 0 Å². The number of rotatable bonds is 6. The van der Waals surface area contributed by atoms with Gasteiger partial charge in [0, 0.05) is 11.9 Å². The maximum absolute atomic E-state index is 6.29. The van der Waals surface area contributed by atoms with E-state index >= 15 is 0 Å². The number of benzene rings is 2. The molecule has 0 radical (unpaired) electrons. The normalized spacial score (nSPS) is 10.9. The summed E-state index contributed by atoms with van der Waals surface area (Å²) in [4.78, 5) is 10.3. The van der Waals surface area contributed by atoms with Gasteiger partial charge in [0.15, 0.2) is 5.82 Å². The maximum Gasteiger partial charge on any atom is 0.173 e. The van der Waals surface area contributed by atoms with E-state index in [2.05, 4.69) is 16.4 Å². The molecule has 4 aromatic rings. The molecule has 4 rings (SSSR count). The molecule has 136 valence electrons. The Morgan fingerprint density at radius 1 is 1.04 bits per heavy atom. The number of fused-ring (bicyclic) bond motifs is 1. The number of hydrogen-bond donors (Lipinski definition) is 1. The first kappa shape index (κ1) is 17.8. The Balaban J connectivity index is 1.63. The van der Waals surface area contributed by atoms with Crippen molar-refractivity contribution in [2.45, 2.75) is 6.42 Å². The van der Waals surface area contributed by atoms with Gasteiger partial charge in [0.2, 0.25) is 0 Å². The van der Waals surface area contributed by atoms with Crippen molar-refractivity contribution in [1.82, 2.24) is 9.97 Å². The van der Waals surface area contributed by atoms with E-state index in [0.29, 0.717) is 10.8 Å². The van der Waals surface area contributed by atoms with Crippen LogP contribution in [0.1, 0.15) is 5.56 Å². The summed E-state index contributed by atoms with van der Waals surface area (Å²) in [5.74, 6) is 2.36. The van der Waals surface area contributed by atoms with Gasteiger partial charge in [-0.15, -0.1) is 11.3 Å². The smallest absolute Gasteiger partial charge is 0.173 e. The third-order valence-corrected chi connectivity index (χ3v) is 5.64. The molecule has 0 bridgehead atoms. The molecule has 0 aliphatic rings. The molecule has 27 heavy (non-hydrogen) atoms. The second-order valence-electron chi connectivity index (χ2n) is 6.00. The molecule has 0 aliphatic heterocycles. The minimum Gasteiger partial charge on any atom is -0.496 e. The van der Waals surface area contributed by atoms with Crippen LogP contribution in [-0.4, -0.2) is 23.6 Å². The molecule has 0 fully saturated rings. The summed E-state index contributed by atoms with van der Waals surface area (Å²) in [5.41, 5.74) is 2.05. The van der Waals surface area contributed by atoms with Crippen molar-refractivity contribution in [2.75, 3.05) is 19.0 Å². The topological polar surface area (TPSA) is 47.0 Å². The molecule has 0 saturated carbocycles. The summed E-state index contributed by atoms with van der Waals surface area (Å²) in [6.45, 7) is 0.735. The number of nitrogens with zero attached hydrogens (tertiary/aromatic N) is 2. The first-order valence-electron chi connectivity index (χ1n) is 8.62. The highest BCUT2D eigenvalue weighted by Gasteiger charge is 2.13. The number of thiophene rings is 1. The largest absolute Gasteiger partial charge is 0.496 e. The molecular weight excluding hydrogens is 378 g/mol. The zero-order chi connectivity index (χ0) is 18.6. The van der Waals surface area contributed by atoms with Crippen LogP contribution in [0.5, 0.6) is 5.75 Å². The van der Waals surface area contributed by atoms with E-state index in [1.807, 2.05) is 53.9 Å². The molecule has 0 unspecified atom stereocenters. The second-order valence-corrected chi connectivity index (χ2v) is 7.32. The maximum atomic E-state index is 6.29. The van der Waals surface area contributed by atoms with Crippen molar-refractivity contribution in [1.29, 1.82) is 0 Å². The molecule has 2 aromatic carbocycles. The van der Waals surface area contributed by atoms with Crippen LogP contribution in [0, 0.1) is 0 Å². The van der Waals surface area contributed by atoms with Gasteiger partial charge in [0.25, 0.3) is 0 Å². The summed E-state index contributed by atoms with van der Waals surface area (Å²) in [6, 6.07) is 17.9. The number of anilines is 1. The van der Waals surface area contributed by atoms with Gasteiger partial charge in [0.1, 0.15) is 11.6 Å². The third kappa shape index (κ3) is 3.75. The monoisotopic (exact) mass is 395 g/mol. The first-order valence-corrected chi connectivity index (χ1v) is 9.88. The van der Waals surface area contributed by atoms with Gasteiger partial charge < -0.3 is 10.1 Å². The predicted molar refractivity (Wildman–Crippen MR) is 113 cm³/mol. The van der Waals surface area contributed by atoms with Crippen LogP contribution in [0.25, 0.3) is 21.6 Å². The number of para-hydroxylation sites is 2. The van der Waals surface area contributed by atoms with Gasteiger partial charge in [-0.1, -0.05) is 41.9 Å². The Bertz CT molecular complexity index is 1080. The zero-order valence-electron chi connectivity index (χ0n) is 14.8. The Kier molecular flexibility index (Phi) is 5.23. The van der Waals surface area contributed by atoms with Crippen LogP contribution in [0.2, 0.25) is 5.02 Å². The molecular formula is C21H18ClN3OS. The van der Waals surface area contributed by atoms with Gasteiger partial charge in [-0.2, -0.15) is 0 Å². The van der Waals surface area contributed by atoms with Crippen molar-refractivity contribution in [2.24, 2.45) is 0 Å². The molecule has 2 heterocycles. The number of aromatic nitrogens is 2. The van der Waals surface area contributed by atoms with Crippen LogP contribution >= 0.6 is 22.9 Å². The third-order valence-electron chi connectivity index (χ3n) is 4.30. The van der Waals surface area contributed by atoms with Gasteiger partial charge in [-0.25, -0.2) is 9.97 Å². The lowest BCUT2D eigenvalue weighted by atomic mass is 10.1. The molecule has 0 aliphatic carbocycles. The molecule has 0 atom stereocenters. The van der Waals surface area contributed by atoms with E-state index in [1.54, 1.807) is 18.4 Å². The van der Waals surface area contributed by atoms with Crippen molar-refractivity contribution in [3.05, 3.63) is 70.6 Å². The summed E-state index contributed by atoms with van der Waals surface area (Å²) >= 11 is 7.84. The zero-order valence-corrected chi connectivity index (χ0v) is 16.3. The number of methoxy groups -OCH3 is 1. The van der Waals surface area contributed by atoms with E-state index in [-0.39, 0.29) is 0 Å². The second kappa shape index (κ2) is 7.94. The van der Waals surface area contributed by atoms with Gasteiger partial charge in [0.05, 0.1) is 22.5 Å². The molecule has 1 N–H and O–H groups in total. The van der Waals surface area contributed by atoms with E-state index in [4.69, 9.17) is 21.3 Å². The highest BCUT2D eigenvalue weighted by Crippen LogP contribution is 2.33. The highest BCUT2D eigenvalue weighted by molar-refractivity contribution is 7.14. The fraction of sp³-hybridized carbons (Fsp3) is 0.143. The fourth-order valence-corrected chi connectivity index (χ4v) is 4.06. The first-order chi connectivity index (χ1) is 13.3. The lowest BCUT2D eigenvalue weighted by Gasteiger charge is -2.12. The molecule has 2 aromatic heterocycles. The molecule has 6 heteroatoms. The number of nitrogens with one attached hydrogen (secondary N) is 1. The number of hydrogen-bond acceptors (Lipinski definition) is 5. The van der Waals surface area contributed by atoms with Crippen LogP contribution in [0.4, 0.5) is 5.82 Å². The molecule has 0 spiro atoms. The van der Waals surface area contributed by atoms with Crippen LogP contribution in [-0.2, 0) is 6.42 Å². The van der Waals surface area contributed by atoms with Gasteiger partial charge in [-0.3, -0.25) is 0 Å². The van der Waals surface area contributed by atoms with Crippen LogP contribution in [0.15, 0.2) is 60.0 Å². The lowest BCUT2D eigenvalue weighted by Crippen LogP contribution is -2.08. The molecule has 4 nitrogen and oxygen atoms in total. The fourth-order valence-electron chi connectivity index (χ4n) is 2.99. The summed E-state index contributed by atoms with van der Waals surface area (Å²) in [6.07, 6.45) is 0.831. The SMILES string of the molecule is COc1ccccc1CCNc1nc(-c2sccc2Cl)nc2ccccc12.